The van der Waals surface area contributed by atoms with E-state index in [0.29, 0.717) is 30.4 Å². The fraction of sp³-hybridized carbons (Fsp3) is 0.533. The molecule has 0 aliphatic heterocycles. The highest BCUT2D eigenvalue weighted by Gasteiger charge is 2.33. The molecular weight excluding hydrogens is 270 g/mol. The van der Waals surface area contributed by atoms with Gasteiger partial charge in [0.05, 0.1) is 4.92 Å². The molecular formula is C15H21N3O3. The first-order valence-electron chi connectivity index (χ1n) is 7.41. The molecule has 1 saturated carbocycles. The summed E-state index contributed by atoms with van der Waals surface area (Å²) >= 11 is 0. The minimum atomic E-state index is -0.448. The van der Waals surface area contributed by atoms with E-state index in [2.05, 4.69) is 5.32 Å². The highest BCUT2D eigenvalue weighted by atomic mass is 16.6. The van der Waals surface area contributed by atoms with Crippen LogP contribution in [0, 0.1) is 10.1 Å². The number of nitrogens with zero attached hydrogens (tertiary/aromatic N) is 2. The number of nitrogens with one attached hydrogen (secondary N) is 1. The second-order valence-corrected chi connectivity index (χ2v) is 5.25. The Balaban J connectivity index is 2.28. The van der Waals surface area contributed by atoms with Crippen molar-refractivity contribution in [1.82, 2.24) is 4.90 Å². The van der Waals surface area contributed by atoms with Crippen molar-refractivity contribution in [3.8, 4) is 0 Å². The first kappa shape index (κ1) is 15.3. The fourth-order valence-electron chi connectivity index (χ4n) is 2.40. The van der Waals surface area contributed by atoms with Crippen LogP contribution in [0.4, 0.5) is 11.4 Å². The van der Waals surface area contributed by atoms with Crippen LogP contribution >= 0.6 is 0 Å². The van der Waals surface area contributed by atoms with E-state index < -0.39 is 4.92 Å². The topological polar surface area (TPSA) is 75.5 Å². The van der Waals surface area contributed by atoms with E-state index in [0.717, 1.165) is 19.3 Å². The van der Waals surface area contributed by atoms with E-state index >= 15 is 0 Å². The van der Waals surface area contributed by atoms with Crippen LogP contribution in [0.3, 0.4) is 0 Å². The summed E-state index contributed by atoms with van der Waals surface area (Å²) in [5, 5.41) is 14.1. The van der Waals surface area contributed by atoms with Gasteiger partial charge in [0.15, 0.2) is 0 Å². The molecule has 21 heavy (non-hydrogen) atoms. The van der Waals surface area contributed by atoms with Crippen LogP contribution in [0.15, 0.2) is 18.2 Å². The van der Waals surface area contributed by atoms with Crippen molar-refractivity contribution in [2.75, 3.05) is 18.4 Å². The molecule has 0 aromatic heterocycles. The molecule has 114 valence electrons. The lowest BCUT2D eigenvalue weighted by molar-refractivity contribution is -0.384. The van der Waals surface area contributed by atoms with E-state index in [4.69, 9.17) is 0 Å². The molecule has 1 aromatic carbocycles. The van der Waals surface area contributed by atoms with Gasteiger partial charge in [-0.2, -0.15) is 0 Å². The molecule has 1 aliphatic carbocycles. The molecule has 0 heterocycles. The Morgan fingerprint density at radius 2 is 2.14 bits per heavy atom. The Morgan fingerprint density at radius 1 is 1.43 bits per heavy atom. The summed E-state index contributed by atoms with van der Waals surface area (Å²) in [6, 6.07) is 4.97. The van der Waals surface area contributed by atoms with Gasteiger partial charge < -0.3 is 10.2 Å². The van der Waals surface area contributed by atoms with Gasteiger partial charge in [-0.3, -0.25) is 14.9 Å². The van der Waals surface area contributed by atoms with Gasteiger partial charge in [0.2, 0.25) is 0 Å². The summed E-state index contributed by atoms with van der Waals surface area (Å²) in [5.74, 6) is -0.106. The first-order chi connectivity index (χ1) is 10.1. The Morgan fingerprint density at radius 3 is 2.67 bits per heavy atom. The summed E-state index contributed by atoms with van der Waals surface area (Å²) in [6.45, 7) is 5.20. The van der Waals surface area contributed by atoms with Gasteiger partial charge in [0.25, 0.3) is 11.6 Å². The smallest absolute Gasteiger partial charge is 0.293 e. The SMILES string of the molecule is CCCN(C(=O)c1ccc(NCC)c([N+](=O)[O-])c1)C1CC1. The number of carbonyl (C=O) groups excluding carboxylic acids is 1. The van der Waals surface area contributed by atoms with Crippen molar-refractivity contribution in [1.29, 1.82) is 0 Å². The van der Waals surface area contributed by atoms with Crippen LogP contribution in [-0.4, -0.2) is 34.9 Å². The van der Waals surface area contributed by atoms with Crippen molar-refractivity contribution < 1.29 is 9.72 Å². The van der Waals surface area contributed by atoms with Gasteiger partial charge in [0.1, 0.15) is 5.69 Å². The Bertz CT molecular complexity index is 541. The van der Waals surface area contributed by atoms with E-state index in [1.54, 1.807) is 12.1 Å². The maximum absolute atomic E-state index is 12.5. The Kier molecular flexibility index (Phi) is 4.77. The zero-order valence-corrected chi connectivity index (χ0v) is 12.5. The summed E-state index contributed by atoms with van der Waals surface area (Å²) < 4.78 is 0. The summed E-state index contributed by atoms with van der Waals surface area (Å²) in [4.78, 5) is 25.1. The second-order valence-electron chi connectivity index (χ2n) is 5.25. The van der Waals surface area contributed by atoms with Crippen LogP contribution in [0.1, 0.15) is 43.5 Å². The van der Waals surface area contributed by atoms with Crippen molar-refractivity contribution in [2.45, 2.75) is 39.2 Å². The Labute approximate surface area is 124 Å². The van der Waals surface area contributed by atoms with Gasteiger partial charge in [-0.1, -0.05) is 6.92 Å². The van der Waals surface area contributed by atoms with Crippen LogP contribution < -0.4 is 5.32 Å². The van der Waals surface area contributed by atoms with Gasteiger partial charge in [-0.05, 0) is 38.3 Å². The van der Waals surface area contributed by atoms with Crippen LogP contribution in [-0.2, 0) is 0 Å². The van der Waals surface area contributed by atoms with Crippen LogP contribution in [0.2, 0.25) is 0 Å². The third-order valence-corrected chi connectivity index (χ3v) is 3.52. The van der Waals surface area contributed by atoms with Crippen molar-refractivity contribution in [3.05, 3.63) is 33.9 Å². The number of benzene rings is 1. The molecule has 0 radical (unpaired) electrons. The normalized spacial score (nSPS) is 13.8. The first-order valence-corrected chi connectivity index (χ1v) is 7.41. The number of nitro benzene ring substituents is 1. The highest BCUT2D eigenvalue weighted by molar-refractivity contribution is 5.96. The van der Waals surface area contributed by atoms with E-state index in [-0.39, 0.29) is 11.6 Å². The minimum Gasteiger partial charge on any atom is -0.380 e. The molecule has 0 bridgehead atoms. The number of rotatable bonds is 7. The molecule has 1 fully saturated rings. The largest absolute Gasteiger partial charge is 0.380 e. The summed E-state index contributed by atoms with van der Waals surface area (Å²) in [7, 11) is 0. The molecule has 6 heteroatoms. The van der Waals surface area contributed by atoms with Gasteiger partial charge in [0, 0.05) is 30.8 Å². The standard InChI is InChI=1S/C15H21N3O3/c1-3-9-17(12-6-7-12)15(19)11-5-8-13(16-4-2)14(10-11)18(20)21/h5,8,10,12,16H,3-4,6-7,9H2,1-2H3. The quantitative estimate of drug-likeness (QED) is 0.619. The lowest BCUT2D eigenvalue weighted by Gasteiger charge is -2.21. The van der Waals surface area contributed by atoms with Crippen LogP contribution in [0.5, 0.6) is 0 Å². The average Bonchev–Trinajstić information content (AvgIpc) is 3.29. The van der Waals surface area contributed by atoms with Crippen molar-refractivity contribution in [2.24, 2.45) is 0 Å². The number of hydrogen-bond donors (Lipinski definition) is 1. The minimum absolute atomic E-state index is 0.0463. The molecule has 1 aliphatic rings. The Hall–Kier alpha value is -2.11. The molecule has 0 saturated heterocycles. The lowest BCUT2D eigenvalue weighted by atomic mass is 10.1. The van der Waals surface area contributed by atoms with Crippen LogP contribution in [0.25, 0.3) is 0 Å². The van der Waals surface area contributed by atoms with Gasteiger partial charge in [-0.25, -0.2) is 0 Å². The lowest BCUT2D eigenvalue weighted by Crippen LogP contribution is -2.33. The molecule has 1 aromatic rings. The van der Waals surface area contributed by atoms with Gasteiger partial charge in [-0.15, -0.1) is 0 Å². The number of carbonyl (C=O) groups is 1. The zero-order valence-electron chi connectivity index (χ0n) is 12.5. The third-order valence-electron chi connectivity index (χ3n) is 3.52. The van der Waals surface area contributed by atoms with Crippen molar-refractivity contribution >= 4 is 17.3 Å². The summed E-state index contributed by atoms with van der Waals surface area (Å²) in [6.07, 6.45) is 2.95. The predicted octanol–water partition coefficient (Wildman–Crippen LogP) is 3.04. The molecule has 2 rings (SSSR count). The van der Waals surface area contributed by atoms with E-state index in [1.165, 1.54) is 6.07 Å². The molecule has 0 atom stereocenters. The average molecular weight is 291 g/mol. The number of anilines is 1. The molecule has 1 N–H and O–H groups in total. The van der Waals surface area contributed by atoms with E-state index in [1.807, 2.05) is 18.7 Å². The monoisotopic (exact) mass is 291 g/mol. The number of hydrogen-bond acceptors (Lipinski definition) is 4. The predicted molar refractivity (Wildman–Crippen MR) is 81.6 cm³/mol. The van der Waals surface area contributed by atoms with Gasteiger partial charge >= 0.3 is 0 Å². The third kappa shape index (κ3) is 3.51. The zero-order chi connectivity index (χ0) is 15.4. The molecule has 0 unspecified atom stereocenters. The number of nitro groups is 1. The molecule has 6 nitrogen and oxygen atoms in total. The number of amides is 1. The summed E-state index contributed by atoms with van der Waals surface area (Å²) in [5.41, 5.74) is 0.797. The molecule has 1 amide bonds. The second kappa shape index (κ2) is 6.56. The fourth-order valence-corrected chi connectivity index (χ4v) is 2.40. The van der Waals surface area contributed by atoms with E-state index in [9.17, 15) is 14.9 Å². The maximum atomic E-state index is 12.5. The maximum Gasteiger partial charge on any atom is 0.293 e. The molecule has 0 spiro atoms. The highest BCUT2D eigenvalue weighted by Crippen LogP contribution is 2.30. The van der Waals surface area contributed by atoms with Crippen molar-refractivity contribution in [3.63, 3.8) is 0 Å².